The number of aromatic amines is 1. The van der Waals surface area contributed by atoms with Crippen molar-refractivity contribution in [3.05, 3.63) is 16.7 Å². The van der Waals surface area contributed by atoms with Gasteiger partial charge < -0.3 is 0 Å². The van der Waals surface area contributed by atoms with Gasteiger partial charge in [-0.2, -0.15) is 0 Å². The second-order valence-electron chi connectivity index (χ2n) is 11.2. The molecular weight excluding hydrogens is 631 g/mol. The Morgan fingerprint density at radius 2 is 2.05 bits per heavy atom. The first-order chi connectivity index (χ1) is 19.9. The topological polar surface area (TPSA) is 233 Å². The van der Waals surface area contributed by atoms with Crippen molar-refractivity contribution in [1.82, 2.24) is 24.6 Å². The standard InChI is InChI=1S/C24H40ClN6O10PS/c1-12(2)40-19(35)13(3)30-42(37,38-7-8-43-21(36)23(4,5)10-32)39-9-14-16(33)24(6,25)20(41-14)31-11-27-15-17(31)28-22(26)29-18(15)34/h11-14,16,20,30,32-33,37,42H,7-10H2,1-6H3,(H3,26,28,29,34)/t13-,14-,16-,20-,24-/m1/s1. The average Bonchev–Trinajstić information content (AvgIpc) is 3.42. The van der Waals surface area contributed by atoms with Gasteiger partial charge in [0.25, 0.3) is 0 Å². The minimum atomic E-state index is -4.40. The summed E-state index contributed by atoms with van der Waals surface area (Å²) in [4.78, 5) is 57.4. The summed E-state index contributed by atoms with van der Waals surface area (Å²) in [7, 11) is -4.40. The summed E-state index contributed by atoms with van der Waals surface area (Å²) in [5, 5.41) is 22.9. The third-order valence-electron chi connectivity index (χ3n) is 6.53. The molecule has 19 heteroatoms. The van der Waals surface area contributed by atoms with Crippen molar-refractivity contribution >= 4 is 59.7 Å². The molecule has 3 heterocycles. The van der Waals surface area contributed by atoms with Crippen molar-refractivity contribution in [1.29, 1.82) is 0 Å². The predicted octanol–water partition coefficient (Wildman–Crippen LogP) is 0.601. The van der Waals surface area contributed by atoms with Gasteiger partial charge in [0, 0.05) is 0 Å². The van der Waals surface area contributed by atoms with Crippen LogP contribution in [0.1, 0.15) is 47.8 Å². The van der Waals surface area contributed by atoms with Crippen molar-refractivity contribution in [2.75, 3.05) is 31.3 Å². The number of carbonyl (C=O) groups is 2. The summed E-state index contributed by atoms with van der Waals surface area (Å²) in [6.07, 6.45) is -2.69. The minimum absolute atomic E-state index is 0.0140. The predicted molar refractivity (Wildman–Crippen MR) is 161 cm³/mol. The van der Waals surface area contributed by atoms with Crippen LogP contribution in [0.15, 0.2) is 11.1 Å². The summed E-state index contributed by atoms with van der Waals surface area (Å²) in [5.41, 5.74) is 4.23. The number of imidazole rings is 1. The van der Waals surface area contributed by atoms with Crippen molar-refractivity contribution in [2.45, 2.75) is 77.0 Å². The first-order valence-corrected chi connectivity index (χ1v) is 16.6. The number of hydrogen-bond acceptors (Lipinski definition) is 15. The van der Waals surface area contributed by atoms with Crippen LogP contribution in [-0.2, 0) is 28.1 Å². The maximum absolute atomic E-state index is 12.4. The van der Waals surface area contributed by atoms with Gasteiger partial charge in [0.15, 0.2) is 0 Å². The number of aliphatic hydroxyl groups excluding tert-OH is 2. The summed E-state index contributed by atoms with van der Waals surface area (Å²) in [6.45, 7) is 8.57. The van der Waals surface area contributed by atoms with Gasteiger partial charge >= 0.3 is 258 Å². The number of carbonyl (C=O) groups excluding carboxylic acids is 2. The fourth-order valence-corrected chi connectivity index (χ4v) is 6.96. The molecule has 0 aliphatic carbocycles. The van der Waals surface area contributed by atoms with Gasteiger partial charge in [0.1, 0.15) is 0 Å². The zero-order valence-electron chi connectivity index (χ0n) is 24.7. The molecule has 0 unspecified atom stereocenters. The van der Waals surface area contributed by atoms with Gasteiger partial charge in [-0.3, -0.25) is 0 Å². The number of aliphatic hydroxyl groups is 2. The average molecular weight is 671 g/mol. The molecule has 2 aromatic rings. The van der Waals surface area contributed by atoms with Crippen LogP contribution in [0, 0.1) is 5.41 Å². The number of esters is 1. The molecule has 0 bridgehead atoms. The number of nitrogens with zero attached hydrogens (tertiary/aromatic N) is 3. The third kappa shape index (κ3) is 8.42. The fourth-order valence-electron chi connectivity index (χ4n) is 4.03. The van der Waals surface area contributed by atoms with E-state index >= 15 is 0 Å². The van der Waals surface area contributed by atoms with Gasteiger partial charge in [-0.15, -0.1) is 0 Å². The molecule has 0 aromatic carbocycles. The molecule has 3 rings (SSSR count). The number of aromatic nitrogens is 4. The third-order valence-corrected chi connectivity index (χ3v) is 10.1. The van der Waals surface area contributed by atoms with E-state index in [0.717, 1.165) is 11.8 Å². The number of H-pyrrole nitrogens is 1. The van der Waals surface area contributed by atoms with Crippen molar-refractivity contribution in [3.8, 4) is 0 Å². The molecule has 0 spiro atoms. The van der Waals surface area contributed by atoms with Crippen LogP contribution in [0.25, 0.3) is 11.2 Å². The zero-order valence-corrected chi connectivity index (χ0v) is 27.3. The molecule has 244 valence electrons. The number of fused-ring (bicyclic) bond motifs is 1. The van der Waals surface area contributed by atoms with Crippen LogP contribution in [0.5, 0.6) is 0 Å². The monoisotopic (exact) mass is 670 g/mol. The van der Waals surface area contributed by atoms with Crippen molar-refractivity contribution < 1.29 is 43.2 Å². The van der Waals surface area contributed by atoms with Gasteiger partial charge in [-0.05, 0) is 0 Å². The summed E-state index contributed by atoms with van der Waals surface area (Å²) >= 11 is 7.63. The van der Waals surface area contributed by atoms with Crippen LogP contribution in [0.2, 0.25) is 0 Å². The number of ether oxygens (including phenoxy) is 2. The second-order valence-corrected chi connectivity index (χ2v) is 15.1. The zero-order chi connectivity index (χ0) is 32.3. The molecule has 2 aromatic heterocycles. The summed E-state index contributed by atoms with van der Waals surface area (Å²) < 4.78 is 24.0. The number of nitrogens with two attached hydrogens (primary N) is 1. The number of halogens is 1. The molecule has 1 aliphatic rings. The Hall–Kier alpha value is -1.92. The van der Waals surface area contributed by atoms with E-state index in [1.807, 2.05) is 0 Å². The molecule has 0 radical (unpaired) electrons. The van der Waals surface area contributed by atoms with E-state index in [1.165, 1.54) is 24.7 Å². The molecule has 5 atom stereocenters. The SMILES string of the molecule is CC(C)OC(=O)[C@@H](C)N[PH](O)(OCCSC(=O)C(C)(C)CO)OC[C@H]1O[C@@H](n2cnc3c(=O)[nH]c(N)nc32)[C@](C)(Cl)[C@@H]1O. The van der Waals surface area contributed by atoms with Crippen LogP contribution >= 0.6 is 31.5 Å². The number of rotatable bonds is 14. The fraction of sp³-hybridized carbons (Fsp3) is 0.708. The van der Waals surface area contributed by atoms with Gasteiger partial charge in [0.2, 0.25) is 0 Å². The Kier molecular flexibility index (Phi) is 11.6. The van der Waals surface area contributed by atoms with E-state index < -0.39 is 67.1 Å². The molecule has 1 fully saturated rings. The van der Waals surface area contributed by atoms with E-state index in [-0.39, 0.29) is 41.2 Å². The quantitative estimate of drug-likeness (QED) is 0.0699. The van der Waals surface area contributed by atoms with Crippen LogP contribution in [-0.4, -0.2) is 101 Å². The molecule has 1 saturated heterocycles. The Balaban J connectivity index is 1.76. The Labute approximate surface area is 257 Å². The molecule has 1 aliphatic heterocycles. The van der Waals surface area contributed by atoms with Crippen LogP contribution < -0.4 is 16.4 Å². The number of nitrogen functional groups attached to an aromatic ring is 1. The number of nitrogens with one attached hydrogen (secondary N) is 2. The Morgan fingerprint density at radius 1 is 1.37 bits per heavy atom. The van der Waals surface area contributed by atoms with Gasteiger partial charge in [0.05, 0.1) is 0 Å². The molecule has 7 N–H and O–H groups in total. The summed E-state index contributed by atoms with van der Waals surface area (Å²) in [6, 6.07) is -1.05. The summed E-state index contributed by atoms with van der Waals surface area (Å²) in [5.74, 6) is -0.708. The first kappa shape index (κ1) is 35.6. The second kappa shape index (κ2) is 14.0. The molecule has 16 nitrogen and oxygen atoms in total. The van der Waals surface area contributed by atoms with Gasteiger partial charge in [-0.25, -0.2) is 0 Å². The molecule has 0 amide bonds. The van der Waals surface area contributed by atoms with E-state index in [4.69, 9.17) is 35.9 Å². The molecule has 0 saturated carbocycles. The molecule has 43 heavy (non-hydrogen) atoms. The normalized spacial score (nSPS) is 24.0. The number of thioether (sulfide) groups is 1. The van der Waals surface area contributed by atoms with Crippen molar-refractivity contribution in [3.63, 3.8) is 0 Å². The van der Waals surface area contributed by atoms with Crippen LogP contribution in [0.4, 0.5) is 5.95 Å². The van der Waals surface area contributed by atoms with Crippen LogP contribution in [0.3, 0.4) is 0 Å². The maximum atomic E-state index is 12.4. The van der Waals surface area contributed by atoms with Gasteiger partial charge in [-0.1, -0.05) is 0 Å². The number of anilines is 1. The van der Waals surface area contributed by atoms with E-state index in [2.05, 4.69) is 20.0 Å². The molecular formula is C24H40ClN6O10PS. The Bertz CT molecular complexity index is 1360. The van der Waals surface area contributed by atoms with Crippen molar-refractivity contribution in [2.24, 2.45) is 5.41 Å². The van der Waals surface area contributed by atoms with E-state index in [0.29, 0.717) is 0 Å². The Morgan fingerprint density at radius 3 is 2.67 bits per heavy atom. The van der Waals surface area contributed by atoms with E-state index in [9.17, 15) is 29.5 Å². The van der Waals surface area contributed by atoms with E-state index in [1.54, 1.807) is 27.7 Å². The number of hydrogen-bond donors (Lipinski definition) is 6. The first-order valence-electron chi connectivity index (χ1n) is 13.4. The number of alkyl halides is 1.